The van der Waals surface area contributed by atoms with Gasteiger partial charge in [0.2, 0.25) is 0 Å². The van der Waals surface area contributed by atoms with Gasteiger partial charge in [-0.1, -0.05) is 41.9 Å². The number of nitriles is 1. The summed E-state index contributed by atoms with van der Waals surface area (Å²) in [5.41, 5.74) is 1.64. The van der Waals surface area contributed by atoms with Crippen molar-refractivity contribution in [2.45, 2.75) is 25.9 Å². The Morgan fingerprint density at radius 3 is 2.71 bits per heavy atom. The lowest BCUT2D eigenvalue weighted by atomic mass is 10.1. The standard InChI is InChI=1S/C19H21ClN4/c1-15-9-10-23(19-8-7-17(20)18(13-21)22-19)11-12-24(15)14-16-5-3-2-4-6-16/h2-8,15H,9-12,14H2,1H3. The zero-order valence-corrected chi connectivity index (χ0v) is 14.6. The third kappa shape index (κ3) is 3.87. The van der Waals surface area contributed by atoms with E-state index >= 15 is 0 Å². The fraction of sp³-hybridized carbons (Fsp3) is 0.368. The van der Waals surface area contributed by atoms with Crippen LogP contribution in [-0.4, -0.2) is 35.6 Å². The minimum absolute atomic E-state index is 0.299. The van der Waals surface area contributed by atoms with Crippen molar-refractivity contribution in [2.24, 2.45) is 0 Å². The van der Waals surface area contributed by atoms with Crippen LogP contribution in [0.15, 0.2) is 42.5 Å². The quantitative estimate of drug-likeness (QED) is 0.854. The van der Waals surface area contributed by atoms with Crippen molar-refractivity contribution in [3.8, 4) is 6.07 Å². The molecule has 1 atom stereocenters. The summed E-state index contributed by atoms with van der Waals surface area (Å²) < 4.78 is 0. The summed E-state index contributed by atoms with van der Waals surface area (Å²) in [5.74, 6) is 0.838. The summed E-state index contributed by atoms with van der Waals surface area (Å²) in [6.45, 7) is 6.06. The molecule has 1 aromatic heterocycles. The molecule has 2 aromatic rings. The largest absolute Gasteiger partial charge is 0.355 e. The van der Waals surface area contributed by atoms with E-state index in [2.05, 4.69) is 58.1 Å². The molecular formula is C19H21ClN4. The molecule has 1 aliphatic heterocycles. The molecule has 1 saturated heterocycles. The van der Waals surface area contributed by atoms with E-state index in [4.69, 9.17) is 16.9 Å². The highest BCUT2D eigenvalue weighted by atomic mass is 35.5. The van der Waals surface area contributed by atoms with Crippen molar-refractivity contribution in [1.29, 1.82) is 5.26 Å². The van der Waals surface area contributed by atoms with Crippen molar-refractivity contribution in [3.05, 3.63) is 58.7 Å². The highest BCUT2D eigenvalue weighted by Gasteiger charge is 2.22. The monoisotopic (exact) mass is 340 g/mol. The van der Waals surface area contributed by atoms with Crippen LogP contribution in [0, 0.1) is 11.3 Å². The second-order valence-corrected chi connectivity index (χ2v) is 6.60. The average molecular weight is 341 g/mol. The predicted octanol–water partition coefficient (Wildman–Crippen LogP) is 3.71. The molecule has 0 amide bonds. The molecular weight excluding hydrogens is 320 g/mol. The molecule has 0 saturated carbocycles. The molecule has 0 aliphatic carbocycles. The van der Waals surface area contributed by atoms with Crippen LogP contribution >= 0.6 is 11.6 Å². The number of hydrogen-bond acceptors (Lipinski definition) is 4. The first-order chi connectivity index (χ1) is 11.7. The number of hydrogen-bond donors (Lipinski definition) is 0. The number of halogens is 1. The van der Waals surface area contributed by atoms with E-state index in [1.54, 1.807) is 6.07 Å². The van der Waals surface area contributed by atoms with E-state index in [9.17, 15) is 0 Å². The summed E-state index contributed by atoms with van der Waals surface area (Å²) in [5, 5.41) is 9.53. The molecule has 1 unspecified atom stereocenters. The van der Waals surface area contributed by atoms with Crippen LogP contribution in [0.25, 0.3) is 0 Å². The lowest BCUT2D eigenvalue weighted by Gasteiger charge is -2.26. The molecule has 0 spiro atoms. The van der Waals surface area contributed by atoms with Crippen LogP contribution in [0.3, 0.4) is 0 Å². The van der Waals surface area contributed by atoms with E-state index in [1.165, 1.54) is 5.56 Å². The second kappa shape index (κ2) is 7.65. The molecule has 1 fully saturated rings. The van der Waals surface area contributed by atoms with Crippen LogP contribution in [0.1, 0.15) is 24.6 Å². The maximum atomic E-state index is 9.12. The first-order valence-electron chi connectivity index (χ1n) is 8.27. The van der Waals surface area contributed by atoms with Gasteiger partial charge in [0.1, 0.15) is 11.9 Å². The summed E-state index contributed by atoms with van der Waals surface area (Å²) in [7, 11) is 0. The third-order valence-corrected chi connectivity index (χ3v) is 4.89. The minimum atomic E-state index is 0.299. The number of nitrogens with zero attached hydrogens (tertiary/aromatic N) is 4. The van der Waals surface area contributed by atoms with E-state index in [0.29, 0.717) is 16.8 Å². The van der Waals surface area contributed by atoms with E-state index < -0.39 is 0 Å². The maximum absolute atomic E-state index is 9.12. The highest BCUT2D eigenvalue weighted by molar-refractivity contribution is 6.31. The van der Waals surface area contributed by atoms with E-state index in [1.807, 2.05) is 6.07 Å². The Labute approximate surface area is 148 Å². The third-order valence-electron chi connectivity index (χ3n) is 4.59. The van der Waals surface area contributed by atoms with Crippen molar-refractivity contribution < 1.29 is 0 Å². The fourth-order valence-corrected chi connectivity index (χ4v) is 3.22. The van der Waals surface area contributed by atoms with Crippen LogP contribution in [-0.2, 0) is 6.54 Å². The average Bonchev–Trinajstić information content (AvgIpc) is 2.79. The molecule has 0 radical (unpaired) electrons. The van der Waals surface area contributed by atoms with Crippen LogP contribution in [0.2, 0.25) is 5.02 Å². The zero-order chi connectivity index (χ0) is 16.9. The fourth-order valence-electron chi connectivity index (χ4n) is 3.07. The number of rotatable bonds is 3. The van der Waals surface area contributed by atoms with E-state index in [-0.39, 0.29) is 0 Å². The first-order valence-corrected chi connectivity index (χ1v) is 8.65. The van der Waals surface area contributed by atoms with Gasteiger partial charge in [-0.15, -0.1) is 0 Å². The number of benzene rings is 1. The molecule has 24 heavy (non-hydrogen) atoms. The Balaban J connectivity index is 1.71. The number of anilines is 1. The SMILES string of the molecule is CC1CCN(c2ccc(Cl)c(C#N)n2)CCN1Cc1ccccc1. The predicted molar refractivity (Wildman–Crippen MR) is 97.1 cm³/mol. The normalized spacial score (nSPS) is 18.9. The van der Waals surface area contributed by atoms with Crippen molar-refractivity contribution in [1.82, 2.24) is 9.88 Å². The Hall–Kier alpha value is -2.09. The van der Waals surface area contributed by atoms with Gasteiger partial charge in [-0.3, -0.25) is 4.90 Å². The number of pyridine rings is 1. The smallest absolute Gasteiger partial charge is 0.161 e. The van der Waals surface area contributed by atoms with Crippen molar-refractivity contribution >= 4 is 17.4 Å². The molecule has 1 aliphatic rings. The molecule has 5 heteroatoms. The lowest BCUT2D eigenvalue weighted by Crippen LogP contribution is -2.34. The van der Waals surface area contributed by atoms with Gasteiger partial charge < -0.3 is 4.90 Å². The van der Waals surface area contributed by atoms with Gasteiger partial charge in [0.25, 0.3) is 0 Å². The molecule has 124 valence electrons. The molecule has 0 N–H and O–H groups in total. The Bertz CT molecular complexity index is 726. The van der Waals surface area contributed by atoms with Gasteiger partial charge in [-0.05, 0) is 31.0 Å². The topological polar surface area (TPSA) is 43.2 Å². The van der Waals surface area contributed by atoms with Gasteiger partial charge >= 0.3 is 0 Å². The summed E-state index contributed by atoms with van der Waals surface area (Å²) >= 11 is 5.99. The van der Waals surface area contributed by atoms with Gasteiger partial charge in [-0.25, -0.2) is 4.98 Å². The Morgan fingerprint density at radius 1 is 1.17 bits per heavy atom. The van der Waals surface area contributed by atoms with Crippen LogP contribution in [0.4, 0.5) is 5.82 Å². The van der Waals surface area contributed by atoms with Crippen LogP contribution in [0.5, 0.6) is 0 Å². The van der Waals surface area contributed by atoms with Crippen LogP contribution < -0.4 is 4.90 Å². The zero-order valence-electron chi connectivity index (χ0n) is 13.8. The second-order valence-electron chi connectivity index (χ2n) is 6.19. The van der Waals surface area contributed by atoms with Gasteiger partial charge in [-0.2, -0.15) is 5.26 Å². The van der Waals surface area contributed by atoms with Crippen molar-refractivity contribution in [2.75, 3.05) is 24.5 Å². The minimum Gasteiger partial charge on any atom is -0.355 e. The summed E-state index contributed by atoms with van der Waals surface area (Å²) in [4.78, 5) is 9.16. The number of aromatic nitrogens is 1. The Kier molecular flexibility index (Phi) is 5.34. The molecule has 1 aromatic carbocycles. The van der Waals surface area contributed by atoms with Gasteiger partial charge in [0.05, 0.1) is 5.02 Å². The lowest BCUT2D eigenvalue weighted by molar-refractivity contribution is 0.212. The Morgan fingerprint density at radius 2 is 1.96 bits per heavy atom. The first kappa shape index (κ1) is 16.8. The van der Waals surface area contributed by atoms with Gasteiger partial charge in [0, 0.05) is 32.2 Å². The van der Waals surface area contributed by atoms with Crippen molar-refractivity contribution in [3.63, 3.8) is 0 Å². The highest BCUT2D eigenvalue weighted by Crippen LogP contribution is 2.22. The molecule has 3 rings (SSSR count). The molecule has 4 nitrogen and oxygen atoms in total. The maximum Gasteiger partial charge on any atom is 0.161 e. The summed E-state index contributed by atoms with van der Waals surface area (Å²) in [6, 6.07) is 16.8. The molecule has 2 heterocycles. The van der Waals surface area contributed by atoms with Gasteiger partial charge in [0.15, 0.2) is 5.69 Å². The summed E-state index contributed by atoms with van der Waals surface area (Å²) in [6.07, 6.45) is 1.07. The van der Waals surface area contributed by atoms with E-state index in [0.717, 1.165) is 38.4 Å². The molecule has 0 bridgehead atoms.